The average molecular weight is 260 g/mol. The summed E-state index contributed by atoms with van der Waals surface area (Å²) in [7, 11) is 1.72. The van der Waals surface area contributed by atoms with Gasteiger partial charge in [-0.15, -0.1) is 0 Å². The van der Waals surface area contributed by atoms with Crippen LogP contribution < -0.4 is 5.32 Å². The van der Waals surface area contributed by atoms with Gasteiger partial charge in [0.25, 0.3) is 0 Å². The fourth-order valence-electron chi connectivity index (χ4n) is 2.17. The van der Waals surface area contributed by atoms with Crippen molar-refractivity contribution in [3.05, 3.63) is 24.5 Å². The Labute approximate surface area is 111 Å². The number of nitrogens with one attached hydrogen (secondary N) is 1. The molecule has 0 amide bonds. The molecule has 0 bridgehead atoms. The number of hydrogen-bond donors (Lipinski definition) is 1. The summed E-state index contributed by atoms with van der Waals surface area (Å²) >= 11 is 0. The highest BCUT2D eigenvalue weighted by molar-refractivity contribution is 5.71. The van der Waals surface area contributed by atoms with Gasteiger partial charge in [-0.1, -0.05) is 0 Å². The Morgan fingerprint density at radius 2 is 2.26 bits per heavy atom. The molecule has 6 nitrogen and oxygen atoms in total. The predicted molar refractivity (Wildman–Crippen MR) is 71.0 cm³/mol. The van der Waals surface area contributed by atoms with E-state index in [1.165, 1.54) is 0 Å². The first-order chi connectivity index (χ1) is 9.31. The van der Waals surface area contributed by atoms with Crippen molar-refractivity contribution in [2.24, 2.45) is 0 Å². The summed E-state index contributed by atoms with van der Waals surface area (Å²) in [6, 6.07) is 3.80. The van der Waals surface area contributed by atoms with E-state index in [0.717, 1.165) is 24.4 Å². The van der Waals surface area contributed by atoms with Crippen LogP contribution >= 0.6 is 0 Å². The van der Waals surface area contributed by atoms with Crippen LogP contribution in [-0.4, -0.2) is 47.4 Å². The molecule has 0 radical (unpaired) electrons. The minimum atomic E-state index is -0.251. The van der Waals surface area contributed by atoms with Crippen LogP contribution in [0.3, 0.4) is 0 Å². The normalized spacial score (nSPS) is 22.8. The number of methoxy groups -OCH3 is 1. The second-order valence-electron chi connectivity index (χ2n) is 4.64. The van der Waals surface area contributed by atoms with E-state index in [1.54, 1.807) is 19.5 Å². The maximum atomic E-state index is 5.56. The van der Waals surface area contributed by atoms with Gasteiger partial charge in [-0.05, 0) is 12.1 Å². The van der Waals surface area contributed by atoms with Crippen molar-refractivity contribution >= 4 is 17.0 Å². The molecule has 1 unspecified atom stereocenters. The monoisotopic (exact) mass is 260 g/mol. The largest absolute Gasteiger partial charge is 0.378 e. The first-order valence-electron chi connectivity index (χ1n) is 6.26. The molecular formula is C13H16N4O2. The van der Waals surface area contributed by atoms with Gasteiger partial charge in [-0.2, -0.15) is 0 Å². The first kappa shape index (κ1) is 12.3. The van der Waals surface area contributed by atoms with Crippen molar-refractivity contribution in [3.8, 4) is 0 Å². The van der Waals surface area contributed by atoms with Gasteiger partial charge >= 0.3 is 0 Å². The standard InChI is InChI=1S/C13H16N4O2/c1-18-13(4-7-19-9-13)8-16-11-3-2-10-12(17-11)15-6-5-14-10/h2-3,5-6H,4,7-9H2,1H3,(H,15,16,17). The summed E-state index contributed by atoms with van der Waals surface area (Å²) in [6.07, 6.45) is 4.19. The SMILES string of the molecule is COC1(CNc2ccc3nccnc3n2)CCOC1. The van der Waals surface area contributed by atoms with E-state index in [2.05, 4.69) is 20.3 Å². The number of ether oxygens (including phenoxy) is 2. The Balaban J connectivity index is 1.74. The smallest absolute Gasteiger partial charge is 0.180 e. The molecule has 1 aliphatic rings. The van der Waals surface area contributed by atoms with Gasteiger partial charge < -0.3 is 14.8 Å². The fraction of sp³-hybridized carbons (Fsp3) is 0.462. The lowest BCUT2D eigenvalue weighted by molar-refractivity contribution is -0.00624. The molecule has 1 fully saturated rings. The fourth-order valence-corrected chi connectivity index (χ4v) is 2.17. The van der Waals surface area contributed by atoms with Crippen LogP contribution in [-0.2, 0) is 9.47 Å². The lowest BCUT2D eigenvalue weighted by atomic mass is 10.0. The average Bonchev–Trinajstić information content (AvgIpc) is 2.94. The quantitative estimate of drug-likeness (QED) is 0.892. The Bertz CT molecular complexity index is 569. The number of pyridine rings is 1. The molecule has 6 heteroatoms. The predicted octanol–water partition coefficient (Wildman–Crippen LogP) is 1.24. The number of nitrogens with zero attached hydrogens (tertiary/aromatic N) is 3. The Morgan fingerprint density at radius 3 is 3.05 bits per heavy atom. The maximum Gasteiger partial charge on any atom is 0.180 e. The van der Waals surface area contributed by atoms with Gasteiger partial charge in [0.2, 0.25) is 0 Å². The summed E-state index contributed by atoms with van der Waals surface area (Å²) in [5.74, 6) is 0.774. The van der Waals surface area contributed by atoms with E-state index in [1.807, 2.05) is 12.1 Å². The van der Waals surface area contributed by atoms with E-state index in [4.69, 9.17) is 9.47 Å². The molecular weight excluding hydrogens is 244 g/mol. The molecule has 2 aromatic rings. The van der Waals surface area contributed by atoms with Crippen LogP contribution in [0.5, 0.6) is 0 Å². The minimum absolute atomic E-state index is 0.251. The van der Waals surface area contributed by atoms with Crippen LogP contribution in [0.2, 0.25) is 0 Å². The number of anilines is 1. The minimum Gasteiger partial charge on any atom is -0.378 e. The van der Waals surface area contributed by atoms with E-state index < -0.39 is 0 Å². The number of rotatable bonds is 4. The highest BCUT2D eigenvalue weighted by atomic mass is 16.5. The third-order valence-electron chi connectivity index (χ3n) is 3.42. The van der Waals surface area contributed by atoms with Crippen molar-refractivity contribution in [3.63, 3.8) is 0 Å². The van der Waals surface area contributed by atoms with E-state index in [0.29, 0.717) is 18.8 Å². The molecule has 100 valence electrons. The third kappa shape index (κ3) is 2.50. The van der Waals surface area contributed by atoms with Crippen LogP contribution in [0.15, 0.2) is 24.5 Å². The highest BCUT2D eigenvalue weighted by Gasteiger charge is 2.34. The van der Waals surface area contributed by atoms with E-state index >= 15 is 0 Å². The van der Waals surface area contributed by atoms with Gasteiger partial charge in [0.15, 0.2) is 5.65 Å². The van der Waals surface area contributed by atoms with Gasteiger partial charge in [-0.3, -0.25) is 4.98 Å². The second-order valence-corrected chi connectivity index (χ2v) is 4.64. The summed E-state index contributed by atoms with van der Waals surface area (Å²) in [5.41, 5.74) is 1.18. The molecule has 1 atom stereocenters. The van der Waals surface area contributed by atoms with Gasteiger partial charge in [-0.25, -0.2) is 9.97 Å². The van der Waals surface area contributed by atoms with Crippen LogP contribution in [0, 0.1) is 0 Å². The Hall–Kier alpha value is -1.79. The summed E-state index contributed by atoms with van der Waals surface area (Å²) in [4.78, 5) is 12.8. The van der Waals surface area contributed by atoms with Crippen molar-refractivity contribution in [1.82, 2.24) is 15.0 Å². The number of aromatic nitrogens is 3. The molecule has 3 heterocycles. The van der Waals surface area contributed by atoms with Crippen molar-refractivity contribution < 1.29 is 9.47 Å². The second kappa shape index (κ2) is 5.07. The molecule has 2 aromatic heterocycles. The van der Waals surface area contributed by atoms with E-state index in [9.17, 15) is 0 Å². The lowest BCUT2D eigenvalue weighted by Crippen LogP contribution is -2.39. The molecule has 0 aromatic carbocycles. The molecule has 1 saturated heterocycles. The maximum absolute atomic E-state index is 5.56. The molecule has 1 N–H and O–H groups in total. The van der Waals surface area contributed by atoms with Crippen LogP contribution in [0.25, 0.3) is 11.2 Å². The van der Waals surface area contributed by atoms with Gasteiger partial charge in [0.05, 0.1) is 6.61 Å². The third-order valence-corrected chi connectivity index (χ3v) is 3.42. The van der Waals surface area contributed by atoms with Crippen molar-refractivity contribution in [1.29, 1.82) is 0 Å². The zero-order valence-electron chi connectivity index (χ0n) is 10.8. The number of fused-ring (bicyclic) bond motifs is 1. The van der Waals surface area contributed by atoms with Crippen molar-refractivity contribution in [2.75, 3.05) is 32.2 Å². The summed E-state index contributed by atoms with van der Waals surface area (Å²) < 4.78 is 11.0. The van der Waals surface area contributed by atoms with Crippen LogP contribution in [0.4, 0.5) is 5.82 Å². The van der Waals surface area contributed by atoms with Crippen molar-refractivity contribution in [2.45, 2.75) is 12.0 Å². The molecule has 19 heavy (non-hydrogen) atoms. The number of hydrogen-bond acceptors (Lipinski definition) is 6. The molecule has 0 spiro atoms. The highest BCUT2D eigenvalue weighted by Crippen LogP contribution is 2.23. The molecule has 3 rings (SSSR count). The molecule has 1 aliphatic heterocycles. The van der Waals surface area contributed by atoms with Gasteiger partial charge in [0, 0.05) is 39.1 Å². The Morgan fingerprint density at radius 1 is 1.37 bits per heavy atom. The summed E-state index contributed by atoms with van der Waals surface area (Å²) in [6.45, 7) is 2.03. The Kier molecular flexibility index (Phi) is 3.27. The first-order valence-corrected chi connectivity index (χ1v) is 6.26. The molecule has 0 saturated carbocycles. The topological polar surface area (TPSA) is 69.2 Å². The molecule has 0 aliphatic carbocycles. The van der Waals surface area contributed by atoms with Crippen LogP contribution in [0.1, 0.15) is 6.42 Å². The van der Waals surface area contributed by atoms with Gasteiger partial charge in [0.1, 0.15) is 16.9 Å². The zero-order chi connectivity index (χ0) is 13.1. The lowest BCUT2D eigenvalue weighted by Gasteiger charge is -2.26. The van der Waals surface area contributed by atoms with E-state index in [-0.39, 0.29) is 5.60 Å². The summed E-state index contributed by atoms with van der Waals surface area (Å²) in [5, 5.41) is 3.29. The zero-order valence-corrected chi connectivity index (χ0v) is 10.8.